The lowest BCUT2D eigenvalue weighted by Gasteiger charge is -2.26. The number of carbonyl (C=O) groups excluding carboxylic acids is 1. The fraction of sp³-hybridized carbons (Fsp3) is 0.353. The Bertz CT molecular complexity index is 925. The van der Waals surface area contributed by atoms with E-state index in [-0.39, 0.29) is 29.4 Å². The maximum atomic E-state index is 12.8. The molecule has 2 heterocycles. The molecule has 0 radical (unpaired) electrons. The van der Waals surface area contributed by atoms with Gasteiger partial charge in [-0.05, 0) is 25.1 Å². The molecule has 0 unspecified atom stereocenters. The number of carbonyl (C=O) groups is 1. The van der Waals surface area contributed by atoms with Crippen LogP contribution >= 0.6 is 0 Å². The second-order valence-electron chi connectivity index (χ2n) is 5.88. The first-order valence-corrected chi connectivity index (χ1v) is 9.72. The molecule has 1 fully saturated rings. The van der Waals surface area contributed by atoms with Crippen molar-refractivity contribution in [1.29, 1.82) is 0 Å². The van der Waals surface area contributed by atoms with Gasteiger partial charge in [-0.1, -0.05) is 0 Å². The molecule has 27 heavy (non-hydrogen) atoms. The van der Waals surface area contributed by atoms with Crippen molar-refractivity contribution in [2.75, 3.05) is 38.7 Å². The topological polar surface area (TPSA) is 111 Å². The van der Waals surface area contributed by atoms with Gasteiger partial charge in [-0.2, -0.15) is 4.31 Å². The van der Waals surface area contributed by atoms with E-state index in [1.54, 1.807) is 6.92 Å². The van der Waals surface area contributed by atoms with Gasteiger partial charge in [0.1, 0.15) is 11.4 Å². The van der Waals surface area contributed by atoms with E-state index in [0.29, 0.717) is 24.7 Å². The Hall–Kier alpha value is -2.56. The molecule has 144 valence electrons. The van der Waals surface area contributed by atoms with Crippen LogP contribution in [0.2, 0.25) is 0 Å². The first-order valence-electron chi connectivity index (χ1n) is 8.28. The molecule has 1 aromatic heterocycles. The van der Waals surface area contributed by atoms with Crippen LogP contribution in [-0.4, -0.2) is 62.0 Å². The van der Waals surface area contributed by atoms with Crippen molar-refractivity contribution in [3.05, 3.63) is 42.0 Å². The van der Waals surface area contributed by atoms with Crippen LogP contribution in [0.4, 0.5) is 5.69 Å². The van der Waals surface area contributed by atoms with E-state index in [4.69, 9.17) is 9.47 Å². The number of methoxy groups -OCH3 is 1. The Kier molecular flexibility index (Phi) is 5.68. The molecule has 1 N–H and O–H groups in total. The van der Waals surface area contributed by atoms with E-state index in [1.165, 1.54) is 42.0 Å². The number of nitrogens with one attached hydrogen (secondary N) is 1. The van der Waals surface area contributed by atoms with Crippen molar-refractivity contribution in [3.63, 3.8) is 0 Å². The summed E-state index contributed by atoms with van der Waals surface area (Å²) < 4.78 is 37.5. The Labute approximate surface area is 157 Å². The highest BCUT2D eigenvalue weighted by atomic mass is 32.2. The molecule has 1 saturated heterocycles. The number of hydrogen-bond donors (Lipinski definition) is 1. The number of rotatable bonds is 5. The van der Waals surface area contributed by atoms with Crippen molar-refractivity contribution >= 4 is 21.6 Å². The van der Waals surface area contributed by atoms with E-state index >= 15 is 0 Å². The Morgan fingerprint density at radius 3 is 2.59 bits per heavy atom. The first-order chi connectivity index (χ1) is 12.9. The van der Waals surface area contributed by atoms with E-state index in [1.807, 2.05) is 0 Å². The highest BCUT2D eigenvalue weighted by Gasteiger charge is 2.27. The summed E-state index contributed by atoms with van der Waals surface area (Å²) in [6.45, 7) is 3.04. The lowest BCUT2D eigenvalue weighted by Crippen LogP contribution is -2.40. The molecule has 0 saturated carbocycles. The molecular weight excluding hydrogens is 372 g/mol. The van der Waals surface area contributed by atoms with Crippen LogP contribution in [0.3, 0.4) is 0 Å². The fourth-order valence-corrected chi connectivity index (χ4v) is 4.01. The molecule has 2 aromatic rings. The van der Waals surface area contributed by atoms with E-state index < -0.39 is 15.9 Å². The van der Waals surface area contributed by atoms with Crippen LogP contribution in [-0.2, 0) is 14.8 Å². The van der Waals surface area contributed by atoms with Crippen LogP contribution < -0.4 is 10.1 Å². The van der Waals surface area contributed by atoms with Gasteiger partial charge in [-0.3, -0.25) is 9.78 Å². The number of nitrogens with zero attached hydrogens (tertiary/aromatic N) is 3. The lowest BCUT2D eigenvalue weighted by atomic mass is 10.2. The number of ether oxygens (including phenoxy) is 2. The van der Waals surface area contributed by atoms with Gasteiger partial charge in [0.25, 0.3) is 5.91 Å². The average molecular weight is 392 g/mol. The number of aryl methyl sites for hydroxylation is 1. The fourth-order valence-electron chi connectivity index (χ4n) is 2.58. The largest absolute Gasteiger partial charge is 0.495 e. The summed E-state index contributed by atoms with van der Waals surface area (Å²) in [4.78, 5) is 20.5. The SMILES string of the molecule is COc1ccc(S(=O)(=O)N2CCOCC2)cc1NC(=O)c1cnc(C)cn1. The lowest BCUT2D eigenvalue weighted by molar-refractivity contribution is 0.0730. The molecule has 3 rings (SSSR count). The predicted molar refractivity (Wildman–Crippen MR) is 97.3 cm³/mol. The van der Waals surface area contributed by atoms with E-state index in [9.17, 15) is 13.2 Å². The number of amides is 1. The molecule has 1 aromatic carbocycles. The Balaban J connectivity index is 1.89. The smallest absolute Gasteiger partial charge is 0.275 e. The van der Waals surface area contributed by atoms with Gasteiger partial charge >= 0.3 is 0 Å². The zero-order valence-electron chi connectivity index (χ0n) is 15.0. The monoisotopic (exact) mass is 392 g/mol. The van der Waals surface area contributed by atoms with Crippen molar-refractivity contribution in [1.82, 2.24) is 14.3 Å². The third-order valence-electron chi connectivity index (χ3n) is 4.04. The number of sulfonamides is 1. The van der Waals surface area contributed by atoms with Crippen LogP contribution in [0.25, 0.3) is 0 Å². The summed E-state index contributed by atoms with van der Waals surface area (Å²) in [5.41, 5.74) is 1.03. The summed E-state index contributed by atoms with van der Waals surface area (Å²) in [6, 6.07) is 4.33. The minimum Gasteiger partial charge on any atom is -0.495 e. The van der Waals surface area contributed by atoms with Gasteiger partial charge in [0.2, 0.25) is 10.0 Å². The third kappa shape index (κ3) is 4.24. The first kappa shape index (κ1) is 19.2. The van der Waals surface area contributed by atoms with Gasteiger partial charge in [0, 0.05) is 19.3 Å². The molecule has 0 aliphatic carbocycles. The van der Waals surface area contributed by atoms with Crippen LogP contribution in [0, 0.1) is 6.92 Å². The van der Waals surface area contributed by atoms with Crippen molar-refractivity contribution < 1.29 is 22.7 Å². The maximum absolute atomic E-state index is 12.8. The van der Waals surface area contributed by atoms with Crippen LogP contribution in [0.1, 0.15) is 16.2 Å². The molecule has 10 heteroatoms. The van der Waals surface area contributed by atoms with Gasteiger partial charge in [-0.25, -0.2) is 13.4 Å². The van der Waals surface area contributed by atoms with Gasteiger partial charge < -0.3 is 14.8 Å². The normalized spacial score (nSPS) is 15.3. The second kappa shape index (κ2) is 7.99. The van der Waals surface area contributed by atoms with Crippen LogP contribution in [0.5, 0.6) is 5.75 Å². The second-order valence-corrected chi connectivity index (χ2v) is 7.81. The quantitative estimate of drug-likeness (QED) is 0.810. The zero-order chi connectivity index (χ0) is 19.4. The molecule has 9 nitrogen and oxygen atoms in total. The number of anilines is 1. The maximum Gasteiger partial charge on any atom is 0.275 e. The molecule has 1 aliphatic heterocycles. The van der Waals surface area contributed by atoms with Crippen molar-refractivity contribution in [2.45, 2.75) is 11.8 Å². The third-order valence-corrected chi connectivity index (χ3v) is 5.94. The summed E-state index contributed by atoms with van der Waals surface area (Å²) in [5, 5.41) is 2.64. The number of hydrogen-bond acceptors (Lipinski definition) is 7. The Morgan fingerprint density at radius 1 is 1.22 bits per heavy atom. The molecule has 1 amide bonds. The van der Waals surface area contributed by atoms with E-state index in [0.717, 1.165) is 0 Å². The molecule has 0 bridgehead atoms. The molecular formula is C17H20N4O5S. The number of morpholine rings is 1. The average Bonchev–Trinajstić information content (AvgIpc) is 2.69. The van der Waals surface area contributed by atoms with Crippen molar-refractivity contribution in [2.24, 2.45) is 0 Å². The van der Waals surface area contributed by atoms with Crippen LogP contribution in [0.15, 0.2) is 35.5 Å². The predicted octanol–water partition coefficient (Wildman–Crippen LogP) is 1.07. The van der Waals surface area contributed by atoms with Gasteiger partial charge in [0.15, 0.2) is 0 Å². The minimum absolute atomic E-state index is 0.0653. The standard InChI is InChI=1S/C17H20N4O5S/c1-12-10-19-15(11-18-12)17(22)20-14-9-13(3-4-16(14)25-2)27(23,24)21-5-7-26-8-6-21/h3-4,9-11H,5-8H2,1-2H3,(H,20,22). The summed E-state index contributed by atoms with van der Waals surface area (Å²) >= 11 is 0. The highest BCUT2D eigenvalue weighted by molar-refractivity contribution is 7.89. The number of benzene rings is 1. The summed E-state index contributed by atoms with van der Waals surface area (Å²) in [6.07, 6.45) is 2.83. The van der Waals surface area contributed by atoms with Crippen molar-refractivity contribution in [3.8, 4) is 5.75 Å². The molecule has 1 aliphatic rings. The minimum atomic E-state index is -3.70. The van der Waals surface area contributed by atoms with Gasteiger partial charge in [-0.15, -0.1) is 0 Å². The Morgan fingerprint density at radius 2 is 1.96 bits per heavy atom. The van der Waals surface area contributed by atoms with Gasteiger partial charge in [0.05, 0.1) is 42.8 Å². The summed E-state index contributed by atoms with van der Waals surface area (Å²) in [5.74, 6) is -0.175. The van der Waals surface area contributed by atoms with E-state index in [2.05, 4.69) is 15.3 Å². The zero-order valence-corrected chi connectivity index (χ0v) is 15.8. The molecule has 0 spiro atoms. The summed E-state index contributed by atoms with van der Waals surface area (Å²) in [7, 11) is -2.26. The molecule has 0 atom stereocenters. The highest BCUT2D eigenvalue weighted by Crippen LogP contribution is 2.29. The number of aromatic nitrogens is 2.